The third-order valence-electron chi connectivity index (χ3n) is 3.15. The first kappa shape index (κ1) is 16.0. The van der Waals surface area contributed by atoms with Crippen molar-refractivity contribution in [3.8, 4) is 0 Å². The fourth-order valence-corrected chi connectivity index (χ4v) is 4.28. The summed E-state index contributed by atoms with van der Waals surface area (Å²) in [5, 5.41) is 0. The van der Waals surface area contributed by atoms with Gasteiger partial charge in [-0.3, -0.25) is 0 Å². The van der Waals surface area contributed by atoms with Gasteiger partial charge in [0.25, 0.3) is 0 Å². The summed E-state index contributed by atoms with van der Waals surface area (Å²) in [5.41, 5.74) is 9.98. The van der Waals surface area contributed by atoms with E-state index in [-0.39, 0.29) is 11.5 Å². The summed E-state index contributed by atoms with van der Waals surface area (Å²) >= 11 is 3.32. The monoisotopic (exact) mass is 367 g/mol. The van der Waals surface area contributed by atoms with E-state index in [4.69, 9.17) is 5.73 Å². The Bertz CT molecular complexity index is 750. The van der Waals surface area contributed by atoms with Crippen LogP contribution in [-0.4, -0.2) is 8.42 Å². The standard InChI is InChI=1S/C16H18BrNO2S/c1-11-5-12(2)7-13(6-11)9-21(19,20)10-14-3-4-15(17)8-16(14)18/h3-8H,9-10,18H2,1-2H3. The van der Waals surface area contributed by atoms with Crippen LogP contribution in [0.25, 0.3) is 0 Å². The van der Waals surface area contributed by atoms with Crippen molar-refractivity contribution < 1.29 is 8.42 Å². The van der Waals surface area contributed by atoms with Crippen LogP contribution in [0.2, 0.25) is 0 Å². The van der Waals surface area contributed by atoms with E-state index in [9.17, 15) is 8.42 Å². The van der Waals surface area contributed by atoms with Crippen LogP contribution in [0.4, 0.5) is 5.69 Å². The molecule has 0 atom stereocenters. The van der Waals surface area contributed by atoms with Gasteiger partial charge in [-0.15, -0.1) is 0 Å². The number of aryl methyl sites for hydroxylation is 2. The van der Waals surface area contributed by atoms with E-state index < -0.39 is 9.84 Å². The molecule has 3 nitrogen and oxygen atoms in total. The second-order valence-corrected chi connectivity index (χ2v) is 8.35. The summed E-state index contributed by atoms with van der Waals surface area (Å²) < 4.78 is 25.6. The van der Waals surface area contributed by atoms with Gasteiger partial charge >= 0.3 is 0 Å². The normalized spacial score (nSPS) is 11.6. The Balaban J connectivity index is 2.22. The molecule has 0 spiro atoms. The van der Waals surface area contributed by atoms with Crippen LogP contribution < -0.4 is 5.73 Å². The molecule has 2 aromatic carbocycles. The van der Waals surface area contributed by atoms with Gasteiger partial charge in [0, 0.05) is 10.2 Å². The van der Waals surface area contributed by atoms with Crippen LogP contribution in [0, 0.1) is 13.8 Å². The third kappa shape index (κ3) is 4.58. The first-order valence-electron chi connectivity index (χ1n) is 6.57. The van der Waals surface area contributed by atoms with Gasteiger partial charge in [0.1, 0.15) is 0 Å². The lowest BCUT2D eigenvalue weighted by molar-refractivity contribution is 0.594. The van der Waals surface area contributed by atoms with E-state index in [1.54, 1.807) is 18.2 Å². The number of nitrogen functional groups attached to an aromatic ring is 1. The summed E-state index contributed by atoms with van der Waals surface area (Å²) in [5.74, 6) is -0.00979. The number of nitrogens with two attached hydrogens (primary N) is 1. The zero-order chi connectivity index (χ0) is 15.6. The van der Waals surface area contributed by atoms with Gasteiger partial charge in [-0.1, -0.05) is 51.3 Å². The average molecular weight is 368 g/mol. The SMILES string of the molecule is Cc1cc(C)cc(CS(=O)(=O)Cc2ccc(Br)cc2N)c1. The molecule has 2 rings (SSSR count). The van der Waals surface area contributed by atoms with E-state index in [0.29, 0.717) is 11.3 Å². The zero-order valence-corrected chi connectivity index (χ0v) is 14.5. The van der Waals surface area contributed by atoms with E-state index >= 15 is 0 Å². The van der Waals surface area contributed by atoms with Crippen LogP contribution >= 0.6 is 15.9 Å². The van der Waals surface area contributed by atoms with E-state index in [1.807, 2.05) is 32.0 Å². The Labute approximate surface area is 134 Å². The fraction of sp³-hybridized carbons (Fsp3) is 0.250. The van der Waals surface area contributed by atoms with Crippen molar-refractivity contribution in [3.63, 3.8) is 0 Å². The highest BCUT2D eigenvalue weighted by atomic mass is 79.9. The molecule has 0 unspecified atom stereocenters. The number of rotatable bonds is 4. The maximum atomic E-state index is 12.4. The molecule has 2 N–H and O–H groups in total. The molecule has 21 heavy (non-hydrogen) atoms. The first-order valence-corrected chi connectivity index (χ1v) is 9.18. The summed E-state index contributed by atoms with van der Waals surface area (Å²) in [7, 11) is -3.25. The lowest BCUT2D eigenvalue weighted by Gasteiger charge is -2.09. The molecule has 0 aliphatic carbocycles. The largest absolute Gasteiger partial charge is 0.398 e. The minimum Gasteiger partial charge on any atom is -0.398 e. The van der Waals surface area contributed by atoms with Gasteiger partial charge < -0.3 is 5.73 Å². The molecule has 5 heteroatoms. The predicted octanol–water partition coefficient (Wildman–Crippen LogP) is 3.76. The molecule has 0 aliphatic rings. The molecular weight excluding hydrogens is 350 g/mol. The Morgan fingerprint density at radius 2 is 1.62 bits per heavy atom. The van der Waals surface area contributed by atoms with Crippen molar-refractivity contribution in [3.05, 3.63) is 63.1 Å². The van der Waals surface area contributed by atoms with Crippen LogP contribution in [0.15, 0.2) is 40.9 Å². The van der Waals surface area contributed by atoms with Gasteiger partial charge in [-0.2, -0.15) is 0 Å². The maximum absolute atomic E-state index is 12.4. The summed E-state index contributed by atoms with van der Waals surface area (Å²) in [6.07, 6.45) is 0. The van der Waals surface area contributed by atoms with Gasteiger partial charge in [-0.05, 0) is 37.1 Å². The Morgan fingerprint density at radius 1 is 1.00 bits per heavy atom. The maximum Gasteiger partial charge on any atom is 0.158 e. The third-order valence-corrected chi connectivity index (χ3v) is 5.17. The lowest BCUT2D eigenvalue weighted by Crippen LogP contribution is -2.09. The van der Waals surface area contributed by atoms with Crippen LogP contribution in [0.3, 0.4) is 0 Å². The first-order chi connectivity index (χ1) is 9.75. The molecule has 0 amide bonds. The molecule has 112 valence electrons. The minimum atomic E-state index is -3.25. The van der Waals surface area contributed by atoms with Crippen molar-refractivity contribution >= 4 is 31.5 Å². The van der Waals surface area contributed by atoms with E-state index in [0.717, 1.165) is 21.2 Å². The number of sulfone groups is 1. The van der Waals surface area contributed by atoms with Crippen molar-refractivity contribution in [2.45, 2.75) is 25.4 Å². The highest BCUT2D eigenvalue weighted by Gasteiger charge is 2.15. The molecule has 2 aromatic rings. The van der Waals surface area contributed by atoms with Crippen molar-refractivity contribution in [1.82, 2.24) is 0 Å². The topological polar surface area (TPSA) is 60.2 Å². The molecule has 0 saturated heterocycles. The fourth-order valence-electron chi connectivity index (χ4n) is 2.39. The zero-order valence-electron chi connectivity index (χ0n) is 12.1. The molecule has 0 radical (unpaired) electrons. The van der Waals surface area contributed by atoms with E-state index in [2.05, 4.69) is 15.9 Å². The molecule has 0 aliphatic heterocycles. The predicted molar refractivity (Wildman–Crippen MR) is 90.8 cm³/mol. The number of hydrogen-bond donors (Lipinski definition) is 1. The number of anilines is 1. The Hall–Kier alpha value is -1.33. The molecule has 0 saturated carbocycles. The molecule has 0 bridgehead atoms. The lowest BCUT2D eigenvalue weighted by atomic mass is 10.1. The highest BCUT2D eigenvalue weighted by Crippen LogP contribution is 2.22. The number of halogens is 1. The quantitative estimate of drug-likeness (QED) is 0.836. The minimum absolute atomic E-state index is 0.0328. The highest BCUT2D eigenvalue weighted by molar-refractivity contribution is 9.10. The second-order valence-electron chi connectivity index (χ2n) is 5.37. The van der Waals surface area contributed by atoms with Crippen molar-refractivity contribution in [2.24, 2.45) is 0 Å². The summed E-state index contributed by atoms with van der Waals surface area (Å²) in [6.45, 7) is 3.94. The van der Waals surface area contributed by atoms with E-state index in [1.165, 1.54) is 0 Å². The smallest absolute Gasteiger partial charge is 0.158 e. The Kier molecular flexibility index (Phi) is 4.74. The number of benzene rings is 2. The van der Waals surface area contributed by atoms with Gasteiger partial charge in [0.15, 0.2) is 9.84 Å². The van der Waals surface area contributed by atoms with Crippen molar-refractivity contribution in [2.75, 3.05) is 5.73 Å². The van der Waals surface area contributed by atoms with Gasteiger partial charge in [0.05, 0.1) is 11.5 Å². The van der Waals surface area contributed by atoms with Crippen LogP contribution in [-0.2, 0) is 21.3 Å². The molecule has 0 fully saturated rings. The Morgan fingerprint density at radius 3 is 2.19 bits per heavy atom. The van der Waals surface area contributed by atoms with Gasteiger partial charge in [-0.25, -0.2) is 8.42 Å². The summed E-state index contributed by atoms with van der Waals surface area (Å²) in [6, 6.07) is 11.1. The van der Waals surface area contributed by atoms with Crippen LogP contribution in [0.1, 0.15) is 22.3 Å². The molecular formula is C16H18BrNO2S. The van der Waals surface area contributed by atoms with Crippen molar-refractivity contribution in [1.29, 1.82) is 0 Å². The van der Waals surface area contributed by atoms with Gasteiger partial charge in [0.2, 0.25) is 0 Å². The molecule has 0 heterocycles. The number of hydrogen-bond acceptors (Lipinski definition) is 3. The van der Waals surface area contributed by atoms with Crippen LogP contribution in [0.5, 0.6) is 0 Å². The summed E-state index contributed by atoms with van der Waals surface area (Å²) in [4.78, 5) is 0. The average Bonchev–Trinajstić information content (AvgIpc) is 2.30. The molecule has 0 aromatic heterocycles. The second kappa shape index (κ2) is 6.20.